The van der Waals surface area contributed by atoms with Gasteiger partial charge < -0.3 is 19.6 Å². The standard InChI is InChI=1S/C24H23BrFN5O2S/c1-33-20-9-7-15(25)11-21(20)34(32)30-19-8-6-14(10-18(19)26)17-12-31(16-4-2-3-5-16)24-22(17)23(27)28-13-29-24/h6-13,16,30H,2-5H2,1H3,(H2,27,28,29). The Morgan fingerprint density at radius 2 is 2.00 bits per heavy atom. The second-order valence-electron chi connectivity index (χ2n) is 8.21. The number of hydrogen-bond acceptors (Lipinski definition) is 6. The molecule has 4 aromatic rings. The Labute approximate surface area is 208 Å². The molecular formula is C24H23BrFN5O2S. The lowest BCUT2D eigenvalue weighted by Crippen LogP contribution is -2.15. The molecule has 0 saturated heterocycles. The zero-order valence-corrected chi connectivity index (χ0v) is 20.8. The molecule has 1 saturated carbocycles. The summed E-state index contributed by atoms with van der Waals surface area (Å²) >= 11 is 1.64. The van der Waals surface area contributed by atoms with E-state index in [1.165, 1.54) is 32.3 Å². The normalized spacial score (nSPS) is 15.1. The van der Waals surface area contributed by atoms with Crippen LogP contribution in [0, 0.1) is 5.82 Å². The van der Waals surface area contributed by atoms with Crippen LogP contribution >= 0.6 is 15.9 Å². The Morgan fingerprint density at radius 1 is 1.21 bits per heavy atom. The summed E-state index contributed by atoms with van der Waals surface area (Å²) < 4.78 is 39.0. The lowest BCUT2D eigenvalue weighted by molar-refractivity contribution is 0.402. The van der Waals surface area contributed by atoms with Gasteiger partial charge in [-0.15, -0.1) is 0 Å². The maximum atomic E-state index is 15.2. The maximum Gasteiger partial charge on any atom is 0.222 e. The van der Waals surface area contributed by atoms with Crippen LogP contribution < -0.4 is 15.2 Å². The molecule has 1 atom stereocenters. The van der Waals surface area contributed by atoms with Crippen molar-refractivity contribution in [1.82, 2.24) is 14.5 Å². The molecule has 2 aromatic heterocycles. The van der Waals surface area contributed by atoms with Gasteiger partial charge in [0.1, 0.15) is 34.8 Å². The van der Waals surface area contributed by atoms with Crippen LogP contribution in [-0.4, -0.2) is 26.2 Å². The molecule has 10 heteroatoms. The van der Waals surface area contributed by atoms with Crippen molar-refractivity contribution >= 4 is 49.8 Å². The minimum atomic E-state index is -1.73. The van der Waals surface area contributed by atoms with Gasteiger partial charge in [-0.1, -0.05) is 34.8 Å². The Balaban J connectivity index is 1.49. The summed E-state index contributed by atoms with van der Waals surface area (Å²) in [7, 11) is 1.50. The summed E-state index contributed by atoms with van der Waals surface area (Å²) in [5, 5.41) is 0.719. The number of fused-ring (bicyclic) bond motifs is 1. The van der Waals surface area contributed by atoms with Crippen molar-refractivity contribution in [2.24, 2.45) is 0 Å². The van der Waals surface area contributed by atoms with Crippen molar-refractivity contribution in [2.45, 2.75) is 36.6 Å². The molecule has 1 aliphatic rings. The van der Waals surface area contributed by atoms with E-state index < -0.39 is 17.2 Å². The van der Waals surface area contributed by atoms with Gasteiger partial charge in [0.25, 0.3) is 0 Å². The number of hydrogen-bond donors (Lipinski definition) is 2. The highest BCUT2D eigenvalue weighted by molar-refractivity contribution is 9.10. The van der Waals surface area contributed by atoms with Gasteiger partial charge in [-0.25, -0.2) is 19.1 Å². The topological polar surface area (TPSA) is 101 Å². The van der Waals surface area contributed by atoms with E-state index in [2.05, 4.69) is 35.2 Å². The van der Waals surface area contributed by atoms with Crippen LogP contribution in [0.5, 0.6) is 5.75 Å². The van der Waals surface area contributed by atoms with Crippen molar-refractivity contribution in [3.05, 3.63) is 59.2 Å². The second-order valence-corrected chi connectivity index (χ2v) is 10.3. The molecule has 1 aliphatic carbocycles. The van der Waals surface area contributed by atoms with E-state index in [9.17, 15) is 4.55 Å². The van der Waals surface area contributed by atoms with Gasteiger partial charge in [0.15, 0.2) is 11.6 Å². The SMILES string of the molecule is COc1ccc(Br)cc1[S+]([O-])Nc1ccc(-c2cn(C3CCCC3)c3ncnc(N)c23)cc1F. The smallest absolute Gasteiger partial charge is 0.222 e. The number of ether oxygens (including phenoxy) is 1. The predicted octanol–water partition coefficient (Wildman–Crippen LogP) is 5.84. The van der Waals surface area contributed by atoms with Crippen molar-refractivity contribution in [1.29, 1.82) is 0 Å². The number of benzene rings is 2. The van der Waals surface area contributed by atoms with Crippen LogP contribution in [-0.2, 0) is 11.4 Å². The van der Waals surface area contributed by atoms with Gasteiger partial charge in [0.2, 0.25) is 4.90 Å². The highest BCUT2D eigenvalue weighted by Crippen LogP contribution is 2.39. The number of methoxy groups -OCH3 is 1. The molecule has 5 rings (SSSR count). The minimum Gasteiger partial charge on any atom is -0.588 e. The van der Waals surface area contributed by atoms with E-state index in [-0.39, 0.29) is 5.69 Å². The lowest BCUT2D eigenvalue weighted by atomic mass is 10.1. The summed E-state index contributed by atoms with van der Waals surface area (Å²) in [6, 6.07) is 10.3. The molecule has 0 amide bonds. The first kappa shape index (κ1) is 22.9. The van der Waals surface area contributed by atoms with Crippen LogP contribution in [0.25, 0.3) is 22.2 Å². The average molecular weight is 544 g/mol. The predicted molar refractivity (Wildman–Crippen MR) is 136 cm³/mol. The van der Waals surface area contributed by atoms with E-state index in [0.717, 1.165) is 33.9 Å². The quantitative estimate of drug-likeness (QED) is 0.296. The monoisotopic (exact) mass is 543 g/mol. The highest BCUT2D eigenvalue weighted by atomic mass is 79.9. The summed E-state index contributed by atoms with van der Waals surface area (Å²) in [6.07, 6.45) is 7.97. The average Bonchev–Trinajstić information content (AvgIpc) is 3.49. The van der Waals surface area contributed by atoms with E-state index >= 15 is 4.39 Å². The first-order valence-electron chi connectivity index (χ1n) is 10.9. The lowest BCUT2D eigenvalue weighted by Gasteiger charge is -2.15. The molecule has 0 aliphatic heterocycles. The van der Waals surface area contributed by atoms with Crippen LogP contribution in [0.2, 0.25) is 0 Å². The number of nitrogens with zero attached hydrogens (tertiary/aromatic N) is 3. The molecule has 0 bridgehead atoms. The molecule has 1 fully saturated rings. The highest BCUT2D eigenvalue weighted by Gasteiger charge is 2.24. The van der Waals surface area contributed by atoms with Gasteiger partial charge in [-0.05, 0) is 42.7 Å². The van der Waals surface area contributed by atoms with Crippen LogP contribution in [0.15, 0.2) is 58.3 Å². The summed E-state index contributed by atoms with van der Waals surface area (Å²) in [5.74, 6) is 0.278. The third-order valence-corrected chi connectivity index (χ3v) is 7.78. The van der Waals surface area contributed by atoms with Crippen molar-refractivity contribution in [3.63, 3.8) is 0 Å². The van der Waals surface area contributed by atoms with Gasteiger partial charge in [-0.3, -0.25) is 0 Å². The molecule has 176 valence electrons. The fourth-order valence-electron chi connectivity index (χ4n) is 4.50. The Hall–Kier alpha value is -2.82. The molecular weight excluding hydrogens is 521 g/mol. The number of nitrogens with one attached hydrogen (secondary N) is 1. The van der Waals surface area contributed by atoms with Crippen LogP contribution in [0.3, 0.4) is 0 Å². The zero-order chi connectivity index (χ0) is 23.8. The number of nitrogen functional groups attached to an aromatic ring is 1. The van der Waals surface area contributed by atoms with Gasteiger partial charge >= 0.3 is 0 Å². The maximum absolute atomic E-state index is 15.2. The fraction of sp³-hybridized carbons (Fsp3) is 0.250. The van der Waals surface area contributed by atoms with Gasteiger partial charge in [0, 0.05) is 28.3 Å². The van der Waals surface area contributed by atoms with Gasteiger partial charge in [0.05, 0.1) is 12.5 Å². The first-order valence-corrected chi connectivity index (χ1v) is 12.8. The van der Waals surface area contributed by atoms with E-state index in [1.807, 2.05) is 6.20 Å². The van der Waals surface area contributed by atoms with Crippen LogP contribution in [0.4, 0.5) is 15.9 Å². The van der Waals surface area contributed by atoms with Crippen molar-refractivity contribution in [2.75, 3.05) is 17.6 Å². The van der Waals surface area contributed by atoms with Gasteiger partial charge in [-0.2, -0.15) is 0 Å². The zero-order valence-electron chi connectivity index (χ0n) is 18.4. The summed E-state index contributed by atoms with van der Waals surface area (Å²) in [4.78, 5) is 9.05. The summed E-state index contributed by atoms with van der Waals surface area (Å²) in [5.41, 5.74) is 8.53. The van der Waals surface area contributed by atoms with Crippen LogP contribution in [0.1, 0.15) is 31.7 Å². The number of nitrogens with two attached hydrogens (primary N) is 1. The Morgan fingerprint density at radius 3 is 2.74 bits per heavy atom. The van der Waals surface area contributed by atoms with E-state index in [4.69, 9.17) is 10.5 Å². The van der Waals surface area contributed by atoms with Crippen molar-refractivity contribution < 1.29 is 13.7 Å². The molecule has 2 heterocycles. The molecule has 0 radical (unpaired) electrons. The van der Waals surface area contributed by atoms with Crippen molar-refractivity contribution in [3.8, 4) is 16.9 Å². The molecule has 7 nitrogen and oxygen atoms in total. The molecule has 2 aromatic carbocycles. The Kier molecular flexibility index (Phi) is 6.37. The number of anilines is 2. The molecule has 1 unspecified atom stereocenters. The molecule has 0 spiro atoms. The van der Waals surface area contributed by atoms with E-state index in [0.29, 0.717) is 28.1 Å². The first-order chi connectivity index (χ1) is 16.5. The third kappa shape index (κ3) is 4.21. The number of rotatable bonds is 6. The third-order valence-electron chi connectivity index (χ3n) is 6.16. The Bertz CT molecular complexity index is 1360. The van der Waals surface area contributed by atoms with E-state index in [1.54, 1.807) is 30.3 Å². The molecule has 3 N–H and O–H groups in total. The number of halogens is 2. The summed E-state index contributed by atoms with van der Waals surface area (Å²) in [6.45, 7) is 0. The largest absolute Gasteiger partial charge is 0.588 e. The molecule has 34 heavy (non-hydrogen) atoms. The fourth-order valence-corrected chi connectivity index (χ4v) is 6.06. The minimum absolute atomic E-state index is 0.118. The second kappa shape index (κ2) is 9.44. The number of aromatic nitrogens is 3.